The van der Waals surface area contributed by atoms with Gasteiger partial charge in [-0.05, 0) is 24.1 Å². The van der Waals surface area contributed by atoms with E-state index in [1.165, 1.54) is 0 Å². The van der Waals surface area contributed by atoms with Crippen LogP contribution in [0.2, 0.25) is 0 Å². The van der Waals surface area contributed by atoms with Crippen molar-refractivity contribution in [1.29, 1.82) is 0 Å². The first-order chi connectivity index (χ1) is 7.19. The Bertz CT molecular complexity index is 331. The highest BCUT2D eigenvalue weighted by molar-refractivity contribution is 5.85. The Morgan fingerprint density at radius 3 is 2.80 bits per heavy atom. The Morgan fingerprint density at radius 2 is 2.20 bits per heavy atom. The van der Waals surface area contributed by atoms with Gasteiger partial charge in [0, 0.05) is 12.3 Å². The van der Waals surface area contributed by atoms with Gasteiger partial charge in [-0.1, -0.05) is 26.0 Å². The lowest BCUT2D eigenvalue weighted by molar-refractivity contribution is -0.120. The van der Waals surface area contributed by atoms with Crippen LogP contribution in [0, 0.1) is 0 Å². The number of Topliss-reactive ketones (excluding diaryl/α,β-unsaturated/α-hetero) is 1. The third-order valence-electron chi connectivity index (χ3n) is 2.57. The lowest BCUT2D eigenvalue weighted by atomic mass is 9.94. The molecule has 15 heavy (non-hydrogen) atoms. The zero-order valence-electron chi connectivity index (χ0n) is 9.62. The standard InChI is InChI=1S/C13H18O2/c1-4-6-13(14)10(2)11-7-5-8-12(9-11)15-3/h5,7-10H,4,6H2,1-3H3. The van der Waals surface area contributed by atoms with Crippen LogP contribution >= 0.6 is 0 Å². The highest BCUT2D eigenvalue weighted by Crippen LogP contribution is 2.22. The summed E-state index contributed by atoms with van der Waals surface area (Å²) in [5.41, 5.74) is 1.04. The molecule has 0 radical (unpaired) electrons. The summed E-state index contributed by atoms with van der Waals surface area (Å²) >= 11 is 0. The van der Waals surface area contributed by atoms with Crippen LogP contribution in [0.4, 0.5) is 0 Å². The van der Waals surface area contributed by atoms with E-state index in [9.17, 15) is 4.79 Å². The molecule has 2 heteroatoms. The molecule has 1 rings (SSSR count). The van der Waals surface area contributed by atoms with E-state index in [0.29, 0.717) is 12.2 Å². The third kappa shape index (κ3) is 3.08. The van der Waals surface area contributed by atoms with Gasteiger partial charge in [-0.15, -0.1) is 0 Å². The maximum atomic E-state index is 11.7. The molecule has 0 bridgehead atoms. The van der Waals surface area contributed by atoms with E-state index in [1.807, 2.05) is 38.1 Å². The number of ether oxygens (including phenoxy) is 1. The van der Waals surface area contributed by atoms with E-state index >= 15 is 0 Å². The Balaban J connectivity index is 2.81. The monoisotopic (exact) mass is 206 g/mol. The summed E-state index contributed by atoms with van der Waals surface area (Å²) in [7, 11) is 1.64. The van der Waals surface area contributed by atoms with Crippen LogP contribution in [0.1, 0.15) is 38.2 Å². The van der Waals surface area contributed by atoms with E-state index < -0.39 is 0 Å². The maximum Gasteiger partial charge on any atom is 0.140 e. The summed E-state index contributed by atoms with van der Waals surface area (Å²) in [6.07, 6.45) is 1.56. The molecular weight excluding hydrogens is 188 g/mol. The fourth-order valence-electron chi connectivity index (χ4n) is 1.56. The molecule has 0 amide bonds. The molecule has 0 fully saturated rings. The Labute approximate surface area is 91.3 Å². The van der Waals surface area contributed by atoms with Gasteiger partial charge < -0.3 is 4.74 Å². The molecule has 0 heterocycles. The summed E-state index contributed by atoms with van der Waals surface area (Å²) in [6.45, 7) is 3.98. The molecule has 0 N–H and O–H groups in total. The predicted octanol–water partition coefficient (Wildman–Crippen LogP) is 3.17. The quantitative estimate of drug-likeness (QED) is 0.739. The number of benzene rings is 1. The van der Waals surface area contributed by atoms with Crippen molar-refractivity contribution in [1.82, 2.24) is 0 Å². The van der Waals surface area contributed by atoms with Crippen LogP contribution < -0.4 is 4.74 Å². The molecule has 0 spiro atoms. The number of hydrogen-bond acceptors (Lipinski definition) is 2. The summed E-state index contributed by atoms with van der Waals surface area (Å²) in [4.78, 5) is 11.7. The topological polar surface area (TPSA) is 26.3 Å². The highest BCUT2D eigenvalue weighted by Gasteiger charge is 2.14. The highest BCUT2D eigenvalue weighted by atomic mass is 16.5. The molecule has 1 aromatic rings. The van der Waals surface area contributed by atoms with Crippen LogP contribution in [0.25, 0.3) is 0 Å². The molecule has 1 atom stereocenters. The SMILES string of the molecule is CCCC(=O)C(C)c1cccc(OC)c1. The minimum absolute atomic E-state index is 0.0277. The zero-order chi connectivity index (χ0) is 11.3. The molecule has 2 nitrogen and oxygen atoms in total. The van der Waals surface area contributed by atoms with Gasteiger partial charge in [0.15, 0.2) is 0 Å². The van der Waals surface area contributed by atoms with E-state index in [-0.39, 0.29) is 5.92 Å². The number of carbonyl (C=O) groups excluding carboxylic acids is 1. The Kier molecular flexibility index (Phi) is 4.35. The van der Waals surface area contributed by atoms with Crippen LogP contribution in [-0.2, 0) is 4.79 Å². The molecule has 0 saturated carbocycles. The van der Waals surface area contributed by atoms with Gasteiger partial charge in [0.1, 0.15) is 11.5 Å². The first-order valence-corrected chi connectivity index (χ1v) is 5.35. The summed E-state index contributed by atoms with van der Waals surface area (Å²) < 4.78 is 5.13. The first kappa shape index (κ1) is 11.8. The molecular formula is C13H18O2. The van der Waals surface area contributed by atoms with E-state index in [0.717, 1.165) is 17.7 Å². The predicted molar refractivity (Wildman–Crippen MR) is 61.3 cm³/mol. The van der Waals surface area contributed by atoms with Gasteiger partial charge >= 0.3 is 0 Å². The smallest absolute Gasteiger partial charge is 0.140 e. The zero-order valence-corrected chi connectivity index (χ0v) is 9.62. The van der Waals surface area contributed by atoms with Crippen molar-refractivity contribution in [2.75, 3.05) is 7.11 Å². The largest absolute Gasteiger partial charge is 0.497 e. The van der Waals surface area contributed by atoms with Gasteiger partial charge in [-0.3, -0.25) is 4.79 Å². The van der Waals surface area contributed by atoms with E-state index in [1.54, 1.807) is 7.11 Å². The maximum absolute atomic E-state index is 11.7. The van der Waals surface area contributed by atoms with E-state index in [4.69, 9.17) is 4.74 Å². The van der Waals surface area contributed by atoms with Gasteiger partial charge in [0.25, 0.3) is 0 Å². The molecule has 1 unspecified atom stereocenters. The minimum Gasteiger partial charge on any atom is -0.497 e. The molecule has 0 aliphatic heterocycles. The van der Waals surface area contributed by atoms with Crippen molar-refractivity contribution >= 4 is 5.78 Å². The molecule has 0 aliphatic rings. The van der Waals surface area contributed by atoms with Crippen LogP contribution in [-0.4, -0.2) is 12.9 Å². The average molecular weight is 206 g/mol. The van der Waals surface area contributed by atoms with Crippen LogP contribution in [0.3, 0.4) is 0 Å². The number of hydrogen-bond donors (Lipinski definition) is 0. The van der Waals surface area contributed by atoms with Crippen molar-refractivity contribution in [3.63, 3.8) is 0 Å². The number of ketones is 1. The number of carbonyl (C=O) groups is 1. The van der Waals surface area contributed by atoms with Crippen molar-refractivity contribution in [2.24, 2.45) is 0 Å². The lowest BCUT2D eigenvalue weighted by Crippen LogP contribution is -2.08. The van der Waals surface area contributed by atoms with Crippen molar-refractivity contribution < 1.29 is 9.53 Å². The van der Waals surface area contributed by atoms with E-state index in [2.05, 4.69) is 0 Å². The molecule has 0 aliphatic carbocycles. The van der Waals surface area contributed by atoms with Crippen LogP contribution in [0.5, 0.6) is 5.75 Å². The summed E-state index contributed by atoms with van der Waals surface area (Å²) in [5, 5.41) is 0. The Hall–Kier alpha value is -1.31. The second-order valence-electron chi connectivity index (χ2n) is 3.71. The lowest BCUT2D eigenvalue weighted by Gasteiger charge is -2.11. The first-order valence-electron chi connectivity index (χ1n) is 5.35. The average Bonchev–Trinajstić information content (AvgIpc) is 2.28. The summed E-state index contributed by atoms with van der Waals surface area (Å²) in [5.74, 6) is 1.08. The number of rotatable bonds is 5. The second kappa shape index (κ2) is 5.54. The molecule has 0 aromatic heterocycles. The normalized spacial score (nSPS) is 12.2. The molecule has 0 saturated heterocycles. The molecule has 82 valence electrons. The van der Waals surface area contributed by atoms with Crippen molar-refractivity contribution in [2.45, 2.75) is 32.6 Å². The molecule has 1 aromatic carbocycles. The van der Waals surface area contributed by atoms with Crippen LogP contribution in [0.15, 0.2) is 24.3 Å². The van der Waals surface area contributed by atoms with Gasteiger partial charge in [-0.25, -0.2) is 0 Å². The fraction of sp³-hybridized carbons (Fsp3) is 0.462. The van der Waals surface area contributed by atoms with Gasteiger partial charge in [-0.2, -0.15) is 0 Å². The second-order valence-corrected chi connectivity index (χ2v) is 3.71. The van der Waals surface area contributed by atoms with Gasteiger partial charge in [0.2, 0.25) is 0 Å². The van der Waals surface area contributed by atoms with Crippen molar-refractivity contribution in [3.8, 4) is 5.75 Å². The fourth-order valence-corrected chi connectivity index (χ4v) is 1.56. The Morgan fingerprint density at radius 1 is 1.47 bits per heavy atom. The number of methoxy groups -OCH3 is 1. The third-order valence-corrected chi connectivity index (χ3v) is 2.57. The van der Waals surface area contributed by atoms with Crippen molar-refractivity contribution in [3.05, 3.63) is 29.8 Å². The van der Waals surface area contributed by atoms with Gasteiger partial charge in [0.05, 0.1) is 7.11 Å². The summed E-state index contributed by atoms with van der Waals surface area (Å²) in [6, 6.07) is 7.71. The minimum atomic E-state index is -0.0277.